The maximum atomic E-state index is 14.0. The highest BCUT2D eigenvalue weighted by Crippen LogP contribution is 2.35. The Balaban J connectivity index is 1.64. The van der Waals surface area contributed by atoms with Gasteiger partial charge in [0, 0.05) is 33.1 Å². The normalized spacial score (nSPS) is 15.3. The molecule has 0 unspecified atom stereocenters. The summed E-state index contributed by atoms with van der Waals surface area (Å²) in [6.07, 6.45) is 5.81. The van der Waals surface area contributed by atoms with Crippen LogP contribution in [-0.4, -0.2) is 28.4 Å². The van der Waals surface area contributed by atoms with Gasteiger partial charge in [-0.2, -0.15) is 0 Å². The topological polar surface area (TPSA) is 76.4 Å². The molecule has 1 atom stereocenters. The zero-order valence-electron chi connectivity index (χ0n) is 21.4. The number of aromatic nitrogens is 2. The molecule has 3 heterocycles. The van der Waals surface area contributed by atoms with Gasteiger partial charge in [0.1, 0.15) is 0 Å². The average Bonchev–Trinajstić information content (AvgIpc) is 3.53. The summed E-state index contributed by atoms with van der Waals surface area (Å²) >= 11 is 2.96. The smallest absolute Gasteiger partial charge is 0.338 e. The Hall–Kier alpha value is -4.14. The van der Waals surface area contributed by atoms with Crippen LogP contribution in [0.15, 0.2) is 105 Å². The van der Waals surface area contributed by atoms with Gasteiger partial charge in [-0.15, -0.1) is 11.8 Å². The van der Waals surface area contributed by atoms with Gasteiger partial charge in [-0.25, -0.2) is 9.79 Å². The molecular weight excluding hydrogens is 526 g/mol. The number of esters is 1. The summed E-state index contributed by atoms with van der Waals surface area (Å²) in [7, 11) is 0. The lowest BCUT2D eigenvalue weighted by Crippen LogP contribution is -2.40. The van der Waals surface area contributed by atoms with Crippen LogP contribution in [0, 0.1) is 0 Å². The van der Waals surface area contributed by atoms with Gasteiger partial charge in [0.2, 0.25) is 0 Å². The molecule has 6 rings (SSSR count). The first-order valence-electron chi connectivity index (χ1n) is 12.6. The van der Waals surface area contributed by atoms with Crippen LogP contribution in [0.25, 0.3) is 22.7 Å². The zero-order chi connectivity index (χ0) is 26.9. The number of nitrogens with one attached hydrogen (secondary N) is 1. The fraction of sp³-hybridized carbons (Fsp3) is 0.129. The van der Waals surface area contributed by atoms with Crippen molar-refractivity contribution in [3.63, 3.8) is 0 Å². The molecule has 0 aliphatic carbocycles. The number of H-pyrrole nitrogens is 1. The van der Waals surface area contributed by atoms with E-state index in [2.05, 4.69) is 4.98 Å². The van der Waals surface area contributed by atoms with Crippen molar-refractivity contribution >= 4 is 51.7 Å². The van der Waals surface area contributed by atoms with E-state index in [-0.39, 0.29) is 12.2 Å². The molecule has 1 aliphatic heterocycles. The maximum absolute atomic E-state index is 14.0. The van der Waals surface area contributed by atoms with E-state index in [1.165, 1.54) is 11.3 Å². The van der Waals surface area contributed by atoms with E-state index in [1.54, 1.807) is 23.3 Å². The number of thiazole rings is 1. The summed E-state index contributed by atoms with van der Waals surface area (Å²) < 4.78 is 7.72. The van der Waals surface area contributed by atoms with Gasteiger partial charge >= 0.3 is 5.97 Å². The van der Waals surface area contributed by atoms with Crippen molar-refractivity contribution in [3.05, 3.63) is 127 Å². The number of benzene rings is 3. The van der Waals surface area contributed by atoms with Crippen LogP contribution in [0.2, 0.25) is 0 Å². The first-order chi connectivity index (χ1) is 19.1. The van der Waals surface area contributed by atoms with Crippen LogP contribution in [0.4, 0.5) is 0 Å². The zero-order valence-corrected chi connectivity index (χ0v) is 23.0. The molecule has 0 spiro atoms. The van der Waals surface area contributed by atoms with E-state index in [4.69, 9.17) is 9.73 Å². The van der Waals surface area contributed by atoms with Gasteiger partial charge in [-0.05, 0) is 43.0 Å². The van der Waals surface area contributed by atoms with Crippen LogP contribution >= 0.6 is 23.1 Å². The molecule has 5 aromatic rings. The molecule has 0 saturated heterocycles. The second kappa shape index (κ2) is 10.6. The number of ether oxygens (including phenoxy) is 1. The van der Waals surface area contributed by atoms with Crippen molar-refractivity contribution in [2.75, 3.05) is 12.9 Å². The molecule has 0 saturated carbocycles. The lowest BCUT2D eigenvalue weighted by atomic mass is 9.93. The number of hydrogen-bond donors (Lipinski definition) is 1. The van der Waals surface area contributed by atoms with Crippen LogP contribution in [0.5, 0.6) is 0 Å². The Labute approximate surface area is 233 Å². The number of para-hydroxylation sites is 1. The van der Waals surface area contributed by atoms with Crippen molar-refractivity contribution < 1.29 is 9.53 Å². The minimum Gasteiger partial charge on any atom is -0.463 e. The van der Waals surface area contributed by atoms with Gasteiger partial charge in [-0.1, -0.05) is 72.0 Å². The van der Waals surface area contributed by atoms with E-state index < -0.39 is 12.0 Å². The van der Waals surface area contributed by atoms with Crippen molar-refractivity contribution in [1.82, 2.24) is 9.55 Å². The summed E-state index contributed by atoms with van der Waals surface area (Å²) in [6.45, 7) is 1.99. The fourth-order valence-electron chi connectivity index (χ4n) is 4.90. The van der Waals surface area contributed by atoms with Crippen LogP contribution in [-0.2, 0) is 9.53 Å². The highest BCUT2D eigenvalue weighted by molar-refractivity contribution is 7.98. The molecule has 0 fully saturated rings. The number of carbonyl (C=O) groups is 1. The number of rotatable bonds is 6. The van der Waals surface area contributed by atoms with E-state index in [9.17, 15) is 9.59 Å². The largest absolute Gasteiger partial charge is 0.463 e. The average molecular weight is 552 g/mol. The molecule has 1 aliphatic rings. The number of hydrogen-bond acceptors (Lipinski definition) is 6. The predicted octanol–water partition coefficient (Wildman–Crippen LogP) is 5.14. The molecule has 1 N–H and O–H groups in total. The Kier molecular flexibility index (Phi) is 6.81. The van der Waals surface area contributed by atoms with Crippen LogP contribution in [0.3, 0.4) is 0 Å². The highest BCUT2D eigenvalue weighted by atomic mass is 32.2. The Morgan fingerprint density at radius 3 is 2.56 bits per heavy atom. The highest BCUT2D eigenvalue weighted by Gasteiger charge is 2.35. The molecule has 2 aromatic heterocycles. The van der Waals surface area contributed by atoms with Gasteiger partial charge in [-0.3, -0.25) is 9.36 Å². The van der Waals surface area contributed by atoms with Gasteiger partial charge in [0.15, 0.2) is 4.80 Å². The van der Waals surface area contributed by atoms with Crippen LogP contribution in [0.1, 0.15) is 29.7 Å². The first-order valence-corrected chi connectivity index (χ1v) is 14.6. The van der Waals surface area contributed by atoms with Crippen molar-refractivity contribution in [2.24, 2.45) is 4.99 Å². The Morgan fingerprint density at radius 1 is 1.08 bits per heavy atom. The number of nitrogens with zero attached hydrogens (tertiary/aromatic N) is 2. The van der Waals surface area contributed by atoms with E-state index in [1.807, 2.05) is 97.4 Å². The molecule has 8 heteroatoms. The molecule has 39 heavy (non-hydrogen) atoms. The summed E-state index contributed by atoms with van der Waals surface area (Å²) in [5.41, 5.74) is 4.21. The summed E-state index contributed by atoms with van der Waals surface area (Å²) in [5.74, 6) is -0.482. The summed E-state index contributed by atoms with van der Waals surface area (Å²) in [6, 6.07) is 24.8. The second-order valence-electron chi connectivity index (χ2n) is 8.99. The van der Waals surface area contributed by atoms with Crippen LogP contribution < -0.4 is 14.9 Å². The lowest BCUT2D eigenvalue weighted by Gasteiger charge is -2.26. The van der Waals surface area contributed by atoms with E-state index in [0.29, 0.717) is 20.6 Å². The predicted molar refractivity (Wildman–Crippen MR) is 158 cm³/mol. The number of carbonyl (C=O) groups excluding carboxylic acids is 1. The van der Waals surface area contributed by atoms with Crippen molar-refractivity contribution in [3.8, 4) is 0 Å². The van der Waals surface area contributed by atoms with Gasteiger partial charge in [0.25, 0.3) is 5.56 Å². The van der Waals surface area contributed by atoms with E-state index >= 15 is 0 Å². The standard InChI is InChI=1S/C31H25N3O3S2/c1-3-37-30(36)26-27(19-9-5-4-6-10-19)33-31-34(28(26)20-13-15-22(38-2)16-14-20)29(35)25(39-31)17-21-18-32-24-12-8-7-11-23(21)24/h4-18,28,32H,3H2,1-2H3/b25-17-/t28-/m0/s1. The molecule has 0 radical (unpaired) electrons. The second-order valence-corrected chi connectivity index (χ2v) is 10.9. The number of aromatic amines is 1. The molecule has 6 nitrogen and oxygen atoms in total. The lowest BCUT2D eigenvalue weighted by molar-refractivity contribution is -0.138. The molecule has 0 amide bonds. The third-order valence-corrected chi connectivity index (χ3v) is 8.44. The summed E-state index contributed by atoms with van der Waals surface area (Å²) in [5, 5.41) is 1.03. The number of fused-ring (bicyclic) bond motifs is 2. The molecule has 194 valence electrons. The molecule has 0 bridgehead atoms. The van der Waals surface area contributed by atoms with Gasteiger partial charge < -0.3 is 9.72 Å². The maximum Gasteiger partial charge on any atom is 0.338 e. The van der Waals surface area contributed by atoms with Crippen molar-refractivity contribution in [1.29, 1.82) is 0 Å². The molecule has 3 aromatic carbocycles. The third kappa shape index (κ3) is 4.56. The summed E-state index contributed by atoms with van der Waals surface area (Å²) in [4.78, 5) is 37.4. The monoisotopic (exact) mass is 551 g/mol. The SMILES string of the molecule is CCOC(=O)C1=C(c2ccccc2)N=c2s/c(=C\c3c[nH]c4ccccc34)c(=O)n2[C@H]1c1ccc(SC)cc1. The Morgan fingerprint density at radius 2 is 1.82 bits per heavy atom. The van der Waals surface area contributed by atoms with E-state index in [0.717, 1.165) is 32.5 Å². The fourth-order valence-corrected chi connectivity index (χ4v) is 6.30. The quantitative estimate of drug-likeness (QED) is 0.234. The molecular formula is C31H25N3O3S2. The number of thioether (sulfide) groups is 1. The minimum absolute atomic E-state index is 0.197. The third-order valence-electron chi connectivity index (χ3n) is 6.71. The first kappa shape index (κ1) is 25.2. The Bertz CT molecular complexity index is 1900. The van der Waals surface area contributed by atoms with Crippen molar-refractivity contribution in [2.45, 2.75) is 17.9 Å². The van der Waals surface area contributed by atoms with Gasteiger partial charge in [0.05, 0.1) is 28.5 Å². The minimum atomic E-state index is -0.684.